The van der Waals surface area contributed by atoms with Gasteiger partial charge in [0.15, 0.2) is 0 Å². The molecule has 0 spiro atoms. The highest BCUT2D eigenvalue weighted by molar-refractivity contribution is 5.95. The minimum absolute atomic E-state index is 0.0304. The van der Waals surface area contributed by atoms with E-state index < -0.39 is 0 Å². The number of para-hydroxylation sites is 1. The summed E-state index contributed by atoms with van der Waals surface area (Å²) in [5.74, 6) is 1.74. The van der Waals surface area contributed by atoms with Crippen molar-refractivity contribution in [2.45, 2.75) is 19.4 Å². The molecule has 3 rings (SSSR count). The molecular formula is C17H18N2O2. The summed E-state index contributed by atoms with van der Waals surface area (Å²) in [6, 6.07) is 13.6. The fraction of sp³-hybridized carbons (Fsp3) is 0.235. The lowest BCUT2D eigenvalue weighted by Crippen LogP contribution is -2.22. The van der Waals surface area contributed by atoms with Crippen LogP contribution in [-0.2, 0) is 6.42 Å². The van der Waals surface area contributed by atoms with Gasteiger partial charge in [-0.1, -0.05) is 30.3 Å². The lowest BCUT2D eigenvalue weighted by atomic mass is 10.1. The Hall–Kier alpha value is -2.49. The number of nitrogen functional groups attached to an aromatic ring is 1. The van der Waals surface area contributed by atoms with Crippen LogP contribution in [0.3, 0.4) is 0 Å². The van der Waals surface area contributed by atoms with Gasteiger partial charge < -0.3 is 15.2 Å². The number of fused-ring (bicyclic) bond motifs is 1. The average molecular weight is 282 g/mol. The highest BCUT2D eigenvalue weighted by atomic mass is 16.5. The van der Waals surface area contributed by atoms with E-state index in [1.807, 2.05) is 37.3 Å². The first-order valence-electron chi connectivity index (χ1n) is 6.96. The van der Waals surface area contributed by atoms with Crippen LogP contribution in [0.25, 0.3) is 0 Å². The molecule has 1 aliphatic heterocycles. The number of hydrogen-bond acceptors (Lipinski definition) is 3. The van der Waals surface area contributed by atoms with Gasteiger partial charge in [0.25, 0.3) is 0 Å². The molecule has 0 fully saturated rings. The van der Waals surface area contributed by atoms with E-state index in [0.29, 0.717) is 12.2 Å². The number of ether oxygens (including phenoxy) is 2. The van der Waals surface area contributed by atoms with Crippen LogP contribution in [0, 0.1) is 12.3 Å². The number of nitrogens with two attached hydrogens (primary N) is 1. The van der Waals surface area contributed by atoms with Gasteiger partial charge in [-0.2, -0.15) is 0 Å². The van der Waals surface area contributed by atoms with E-state index in [4.69, 9.17) is 20.6 Å². The van der Waals surface area contributed by atoms with Crippen molar-refractivity contribution in [2.24, 2.45) is 5.73 Å². The summed E-state index contributed by atoms with van der Waals surface area (Å²) in [6.07, 6.45) is 0.893. The van der Waals surface area contributed by atoms with E-state index in [1.54, 1.807) is 6.07 Å². The van der Waals surface area contributed by atoms with E-state index in [1.165, 1.54) is 5.56 Å². The largest absolute Gasteiger partial charge is 0.489 e. The average Bonchev–Trinajstić information content (AvgIpc) is 2.89. The third-order valence-corrected chi connectivity index (χ3v) is 3.64. The molecule has 0 saturated carbocycles. The van der Waals surface area contributed by atoms with Gasteiger partial charge in [-0.25, -0.2) is 0 Å². The van der Waals surface area contributed by atoms with Crippen LogP contribution in [0.4, 0.5) is 0 Å². The van der Waals surface area contributed by atoms with Gasteiger partial charge in [-0.15, -0.1) is 0 Å². The molecule has 2 aromatic carbocycles. The quantitative estimate of drug-likeness (QED) is 0.669. The van der Waals surface area contributed by atoms with Crippen LogP contribution in [0.2, 0.25) is 0 Å². The molecule has 1 unspecified atom stereocenters. The molecule has 1 aliphatic rings. The number of hydrogen-bond donors (Lipinski definition) is 2. The van der Waals surface area contributed by atoms with Gasteiger partial charge in [-0.3, -0.25) is 5.41 Å². The summed E-state index contributed by atoms with van der Waals surface area (Å²) in [5, 5.41) is 7.49. The second kappa shape index (κ2) is 5.48. The van der Waals surface area contributed by atoms with Gasteiger partial charge in [0.2, 0.25) is 0 Å². The maximum absolute atomic E-state index is 7.49. The van der Waals surface area contributed by atoms with Gasteiger partial charge in [0, 0.05) is 12.0 Å². The summed E-state index contributed by atoms with van der Waals surface area (Å²) >= 11 is 0. The zero-order valence-corrected chi connectivity index (χ0v) is 11.9. The van der Waals surface area contributed by atoms with Crippen molar-refractivity contribution < 1.29 is 9.47 Å². The Kier molecular flexibility index (Phi) is 3.52. The van der Waals surface area contributed by atoms with Gasteiger partial charge in [0.1, 0.15) is 30.0 Å². The summed E-state index contributed by atoms with van der Waals surface area (Å²) in [5.41, 5.74) is 8.43. The predicted molar refractivity (Wildman–Crippen MR) is 82.3 cm³/mol. The van der Waals surface area contributed by atoms with Crippen molar-refractivity contribution >= 4 is 5.84 Å². The van der Waals surface area contributed by atoms with Crippen LogP contribution < -0.4 is 15.2 Å². The van der Waals surface area contributed by atoms with Gasteiger partial charge in [0.05, 0.1) is 0 Å². The normalized spacial score (nSPS) is 16.1. The lowest BCUT2D eigenvalue weighted by molar-refractivity contribution is 0.148. The molecule has 108 valence electrons. The third kappa shape index (κ3) is 2.84. The monoisotopic (exact) mass is 282 g/mol. The number of rotatable bonds is 4. The zero-order valence-electron chi connectivity index (χ0n) is 11.9. The minimum atomic E-state index is 0.0304. The predicted octanol–water partition coefficient (Wildman–Crippen LogP) is 2.66. The summed E-state index contributed by atoms with van der Waals surface area (Å²) in [7, 11) is 0. The molecule has 3 N–H and O–H groups in total. The molecule has 0 aromatic heterocycles. The maximum Gasteiger partial charge on any atom is 0.137 e. The maximum atomic E-state index is 7.49. The van der Waals surface area contributed by atoms with E-state index in [0.717, 1.165) is 23.5 Å². The molecule has 21 heavy (non-hydrogen) atoms. The van der Waals surface area contributed by atoms with Crippen molar-refractivity contribution in [1.82, 2.24) is 0 Å². The van der Waals surface area contributed by atoms with Crippen molar-refractivity contribution in [3.63, 3.8) is 0 Å². The Morgan fingerprint density at radius 1 is 1.33 bits per heavy atom. The first-order valence-corrected chi connectivity index (χ1v) is 6.96. The number of aryl methyl sites for hydroxylation is 1. The third-order valence-electron chi connectivity index (χ3n) is 3.64. The molecule has 0 amide bonds. The highest BCUT2D eigenvalue weighted by Crippen LogP contribution is 2.29. The second-order valence-corrected chi connectivity index (χ2v) is 5.26. The molecule has 2 aromatic rings. The van der Waals surface area contributed by atoms with Crippen LogP contribution in [0.5, 0.6) is 11.5 Å². The first kappa shape index (κ1) is 13.5. The Morgan fingerprint density at radius 3 is 2.90 bits per heavy atom. The van der Waals surface area contributed by atoms with Crippen molar-refractivity contribution in [2.75, 3.05) is 6.61 Å². The number of amidine groups is 1. The molecule has 4 nitrogen and oxygen atoms in total. The fourth-order valence-corrected chi connectivity index (χ4v) is 2.45. The molecule has 4 heteroatoms. The first-order chi connectivity index (χ1) is 10.1. The minimum Gasteiger partial charge on any atom is -0.489 e. The molecule has 0 radical (unpaired) electrons. The van der Waals surface area contributed by atoms with E-state index in [-0.39, 0.29) is 11.9 Å². The van der Waals surface area contributed by atoms with Crippen molar-refractivity contribution in [3.05, 3.63) is 59.2 Å². The Morgan fingerprint density at radius 2 is 2.14 bits per heavy atom. The SMILES string of the molecule is Cc1ccc(C(=N)N)cc1OCC1Cc2ccccc2O1. The van der Waals surface area contributed by atoms with E-state index >= 15 is 0 Å². The Labute approximate surface area is 124 Å². The van der Waals surface area contributed by atoms with Crippen LogP contribution in [-0.4, -0.2) is 18.5 Å². The molecule has 1 atom stereocenters. The topological polar surface area (TPSA) is 68.3 Å². The standard InChI is InChI=1S/C17H18N2O2/c1-11-6-7-13(17(18)19)9-16(11)20-10-14-8-12-4-2-3-5-15(12)21-14/h2-7,9,14H,8,10H2,1H3,(H3,18,19). The molecular weight excluding hydrogens is 264 g/mol. The van der Waals surface area contributed by atoms with Gasteiger partial charge in [-0.05, 0) is 30.2 Å². The van der Waals surface area contributed by atoms with E-state index in [9.17, 15) is 0 Å². The Bertz CT molecular complexity index is 657. The van der Waals surface area contributed by atoms with Crippen molar-refractivity contribution in [3.8, 4) is 11.5 Å². The second-order valence-electron chi connectivity index (χ2n) is 5.26. The summed E-state index contributed by atoms with van der Waals surface area (Å²) < 4.78 is 11.7. The van der Waals surface area contributed by atoms with Gasteiger partial charge >= 0.3 is 0 Å². The summed E-state index contributed by atoms with van der Waals surface area (Å²) in [6.45, 7) is 2.46. The highest BCUT2D eigenvalue weighted by Gasteiger charge is 2.23. The van der Waals surface area contributed by atoms with Crippen LogP contribution in [0.1, 0.15) is 16.7 Å². The molecule has 0 saturated heterocycles. The lowest BCUT2D eigenvalue weighted by Gasteiger charge is -2.14. The fourth-order valence-electron chi connectivity index (χ4n) is 2.45. The molecule has 0 bridgehead atoms. The molecule has 0 aliphatic carbocycles. The molecule has 1 heterocycles. The number of nitrogens with one attached hydrogen (secondary N) is 1. The van der Waals surface area contributed by atoms with Crippen molar-refractivity contribution in [1.29, 1.82) is 5.41 Å². The Balaban J connectivity index is 1.67. The smallest absolute Gasteiger partial charge is 0.137 e. The van der Waals surface area contributed by atoms with Crippen LogP contribution in [0.15, 0.2) is 42.5 Å². The zero-order chi connectivity index (χ0) is 14.8. The number of benzene rings is 2. The summed E-state index contributed by atoms with van der Waals surface area (Å²) in [4.78, 5) is 0. The van der Waals surface area contributed by atoms with Crippen LogP contribution >= 0.6 is 0 Å². The van der Waals surface area contributed by atoms with E-state index in [2.05, 4.69) is 6.07 Å².